The van der Waals surface area contributed by atoms with E-state index in [9.17, 15) is 4.79 Å². The lowest BCUT2D eigenvalue weighted by Gasteiger charge is -2.19. The Balaban J connectivity index is 1.79. The summed E-state index contributed by atoms with van der Waals surface area (Å²) in [5.74, 6) is -0.131. The summed E-state index contributed by atoms with van der Waals surface area (Å²) in [5, 5.41) is 0. The molecule has 0 bridgehead atoms. The van der Waals surface area contributed by atoms with Crippen LogP contribution in [0, 0.1) is 5.92 Å². The second-order valence-electron chi connectivity index (χ2n) is 7.61. The first-order valence-corrected chi connectivity index (χ1v) is 8.78. The van der Waals surface area contributed by atoms with Gasteiger partial charge in [0, 0.05) is 17.9 Å². The molecule has 3 nitrogen and oxygen atoms in total. The third-order valence-corrected chi connectivity index (χ3v) is 5.61. The first-order valence-electron chi connectivity index (χ1n) is 8.78. The summed E-state index contributed by atoms with van der Waals surface area (Å²) in [6.45, 7) is 10.5. The molecular formula is C20H28O3. The number of hydrogen-bond donors (Lipinski definition) is 0. The molecule has 0 N–H and O–H groups in total. The smallest absolute Gasteiger partial charge is 0.334 e. The molecule has 0 radical (unpaired) electrons. The molecule has 3 rings (SSSR count). The molecule has 23 heavy (non-hydrogen) atoms. The van der Waals surface area contributed by atoms with Crippen LogP contribution in [0.15, 0.2) is 35.5 Å². The summed E-state index contributed by atoms with van der Waals surface area (Å²) < 4.78 is 11.6. The van der Waals surface area contributed by atoms with Gasteiger partial charge in [-0.3, -0.25) is 0 Å². The lowest BCUT2D eigenvalue weighted by Crippen LogP contribution is -2.25. The molecule has 0 aromatic heterocycles. The molecule has 3 heteroatoms. The fraction of sp³-hybridized carbons (Fsp3) is 0.650. The van der Waals surface area contributed by atoms with Crippen LogP contribution in [0.5, 0.6) is 0 Å². The minimum Gasteiger partial charge on any atom is -0.458 e. The quantitative estimate of drug-likeness (QED) is 0.286. The maximum absolute atomic E-state index is 11.9. The highest BCUT2D eigenvalue weighted by Crippen LogP contribution is 2.47. The van der Waals surface area contributed by atoms with Gasteiger partial charge in [0.1, 0.15) is 6.10 Å². The van der Waals surface area contributed by atoms with E-state index >= 15 is 0 Å². The predicted molar refractivity (Wildman–Crippen MR) is 91.0 cm³/mol. The standard InChI is InChI=1S/C20H28O3/c1-13-6-5-7-14(2)9-11-18-20(4,23-18)12-17-16(10-8-13)15(3)19(21)22-17/h7-8,16-18H,3,5-6,9-12H2,1-2,4H3/b13-8-,14-7-/t16-,17+,18-,20-/m1/s1. The molecule has 4 atom stereocenters. The summed E-state index contributed by atoms with van der Waals surface area (Å²) in [4.78, 5) is 11.9. The van der Waals surface area contributed by atoms with Crippen molar-refractivity contribution in [2.24, 2.45) is 5.92 Å². The van der Waals surface area contributed by atoms with Gasteiger partial charge in [-0.1, -0.05) is 29.9 Å². The fourth-order valence-corrected chi connectivity index (χ4v) is 3.82. The van der Waals surface area contributed by atoms with Crippen molar-refractivity contribution in [2.75, 3.05) is 0 Å². The van der Waals surface area contributed by atoms with E-state index in [1.807, 2.05) is 0 Å². The first kappa shape index (κ1) is 16.5. The Labute approximate surface area is 139 Å². The van der Waals surface area contributed by atoms with Gasteiger partial charge in [0.05, 0.1) is 11.7 Å². The SMILES string of the molecule is C=C1C(=O)O[C@H]2C[C@@]3(C)O[C@@H]3CC/C(C)=C\CC/C(C)=C\C[C@H]12. The average Bonchev–Trinajstić information content (AvgIpc) is 3.05. The van der Waals surface area contributed by atoms with Gasteiger partial charge in [-0.05, 0) is 52.9 Å². The second kappa shape index (κ2) is 6.27. The zero-order valence-electron chi connectivity index (χ0n) is 14.6. The Hall–Kier alpha value is -1.35. The number of esters is 1. The van der Waals surface area contributed by atoms with E-state index in [1.54, 1.807) is 0 Å². The molecule has 2 aliphatic heterocycles. The minimum absolute atomic E-state index is 0.0892. The number of allylic oxidation sites excluding steroid dienone is 4. The van der Waals surface area contributed by atoms with Gasteiger partial charge < -0.3 is 9.47 Å². The Morgan fingerprint density at radius 1 is 1.22 bits per heavy atom. The van der Waals surface area contributed by atoms with Crippen LogP contribution in [-0.2, 0) is 14.3 Å². The lowest BCUT2D eigenvalue weighted by atomic mass is 9.85. The molecule has 1 aliphatic carbocycles. The predicted octanol–water partition coefficient (Wildman–Crippen LogP) is 4.49. The normalized spacial score (nSPS) is 43.2. The van der Waals surface area contributed by atoms with Gasteiger partial charge in [-0.25, -0.2) is 4.79 Å². The highest BCUT2D eigenvalue weighted by molar-refractivity contribution is 5.90. The molecule has 3 aliphatic rings. The van der Waals surface area contributed by atoms with Crippen LogP contribution in [0.3, 0.4) is 0 Å². The van der Waals surface area contributed by atoms with Crippen LogP contribution in [-0.4, -0.2) is 23.8 Å². The number of epoxide rings is 1. The molecule has 2 heterocycles. The summed E-state index contributed by atoms with van der Waals surface area (Å²) in [6.07, 6.45) is 10.7. The summed E-state index contributed by atoms with van der Waals surface area (Å²) >= 11 is 0. The van der Waals surface area contributed by atoms with Gasteiger partial charge >= 0.3 is 5.97 Å². The fourth-order valence-electron chi connectivity index (χ4n) is 3.82. The van der Waals surface area contributed by atoms with Crippen LogP contribution < -0.4 is 0 Å². The number of carbonyl (C=O) groups is 1. The molecule has 126 valence electrons. The van der Waals surface area contributed by atoms with Crippen molar-refractivity contribution < 1.29 is 14.3 Å². The molecule has 2 saturated heterocycles. The monoisotopic (exact) mass is 316 g/mol. The Bertz CT molecular complexity index is 571. The maximum atomic E-state index is 11.9. The third kappa shape index (κ3) is 3.60. The van der Waals surface area contributed by atoms with Crippen LogP contribution in [0.25, 0.3) is 0 Å². The largest absolute Gasteiger partial charge is 0.458 e. The van der Waals surface area contributed by atoms with Gasteiger partial charge in [0.25, 0.3) is 0 Å². The van der Waals surface area contributed by atoms with Crippen LogP contribution in [0.4, 0.5) is 0 Å². The lowest BCUT2D eigenvalue weighted by molar-refractivity contribution is -0.139. The van der Waals surface area contributed by atoms with Crippen molar-refractivity contribution in [1.29, 1.82) is 0 Å². The highest BCUT2D eigenvalue weighted by Gasteiger charge is 2.55. The van der Waals surface area contributed by atoms with Gasteiger partial charge in [0.2, 0.25) is 0 Å². The topological polar surface area (TPSA) is 38.8 Å². The number of hydrogen-bond acceptors (Lipinski definition) is 3. The Morgan fingerprint density at radius 2 is 1.96 bits per heavy atom. The Kier molecular flexibility index (Phi) is 4.50. The van der Waals surface area contributed by atoms with E-state index < -0.39 is 0 Å². The summed E-state index contributed by atoms with van der Waals surface area (Å²) in [5.41, 5.74) is 3.31. The van der Waals surface area contributed by atoms with Gasteiger partial charge in [-0.15, -0.1) is 0 Å². The summed E-state index contributed by atoms with van der Waals surface area (Å²) in [7, 11) is 0. The van der Waals surface area contributed by atoms with Gasteiger partial charge in [-0.2, -0.15) is 0 Å². The van der Waals surface area contributed by atoms with E-state index in [0.717, 1.165) is 38.5 Å². The van der Waals surface area contributed by atoms with Crippen molar-refractivity contribution in [3.8, 4) is 0 Å². The van der Waals surface area contributed by atoms with Crippen molar-refractivity contribution >= 4 is 5.97 Å². The highest BCUT2D eigenvalue weighted by atomic mass is 16.6. The number of rotatable bonds is 0. The second-order valence-corrected chi connectivity index (χ2v) is 7.61. The summed E-state index contributed by atoms with van der Waals surface area (Å²) in [6, 6.07) is 0. The molecule has 0 aromatic rings. The van der Waals surface area contributed by atoms with E-state index in [1.165, 1.54) is 11.1 Å². The molecule has 0 unspecified atom stereocenters. The average molecular weight is 316 g/mol. The number of fused-ring (bicyclic) bond motifs is 2. The van der Waals surface area contributed by atoms with E-state index in [4.69, 9.17) is 9.47 Å². The van der Waals surface area contributed by atoms with Crippen molar-refractivity contribution in [3.63, 3.8) is 0 Å². The molecule has 0 amide bonds. The third-order valence-electron chi connectivity index (χ3n) is 5.61. The van der Waals surface area contributed by atoms with E-state index in [-0.39, 0.29) is 23.6 Å². The van der Waals surface area contributed by atoms with E-state index in [0.29, 0.717) is 11.7 Å². The minimum atomic E-state index is -0.228. The van der Waals surface area contributed by atoms with Crippen molar-refractivity contribution in [3.05, 3.63) is 35.5 Å². The van der Waals surface area contributed by atoms with Crippen LogP contribution in [0.2, 0.25) is 0 Å². The Morgan fingerprint density at radius 3 is 2.74 bits per heavy atom. The maximum Gasteiger partial charge on any atom is 0.334 e. The molecule has 2 fully saturated rings. The molecule has 0 saturated carbocycles. The van der Waals surface area contributed by atoms with Crippen LogP contribution >= 0.6 is 0 Å². The molecular weight excluding hydrogens is 288 g/mol. The number of ether oxygens (including phenoxy) is 2. The zero-order chi connectivity index (χ0) is 16.6. The van der Waals surface area contributed by atoms with Crippen molar-refractivity contribution in [2.45, 2.75) is 77.1 Å². The number of carbonyl (C=O) groups excluding carboxylic acids is 1. The molecule has 0 aromatic carbocycles. The van der Waals surface area contributed by atoms with Crippen molar-refractivity contribution in [1.82, 2.24) is 0 Å². The first-order chi connectivity index (χ1) is 10.9. The van der Waals surface area contributed by atoms with Gasteiger partial charge in [0.15, 0.2) is 0 Å². The molecule has 0 spiro atoms. The van der Waals surface area contributed by atoms with E-state index in [2.05, 4.69) is 39.5 Å². The van der Waals surface area contributed by atoms with Crippen LogP contribution in [0.1, 0.15) is 59.3 Å². The zero-order valence-corrected chi connectivity index (χ0v) is 14.6.